The Kier molecular flexibility index (Phi) is 2.79. The van der Waals surface area contributed by atoms with E-state index < -0.39 is 0 Å². The van der Waals surface area contributed by atoms with E-state index in [1.54, 1.807) is 0 Å². The van der Waals surface area contributed by atoms with Crippen molar-refractivity contribution in [1.29, 1.82) is 0 Å². The Hall–Kier alpha value is -0.890. The van der Waals surface area contributed by atoms with E-state index in [4.69, 9.17) is 11.6 Å². The molecular formula is C13H19ClN2. The molecule has 0 atom stereocenters. The maximum atomic E-state index is 6.28. The SMILES string of the molecule is CN1CCNc2c(C(C)(C)C)ccc(Cl)c21. The van der Waals surface area contributed by atoms with Gasteiger partial charge in [0.05, 0.1) is 16.4 Å². The molecule has 1 aliphatic rings. The molecule has 1 aromatic carbocycles. The van der Waals surface area contributed by atoms with Gasteiger partial charge >= 0.3 is 0 Å². The van der Waals surface area contributed by atoms with Crippen molar-refractivity contribution >= 4 is 23.0 Å². The molecule has 16 heavy (non-hydrogen) atoms. The van der Waals surface area contributed by atoms with Gasteiger partial charge in [-0.3, -0.25) is 0 Å². The van der Waals surface area contributed by atoms with Crippen LogP contribution in [-0.2, 0) is 5.41 Å². The van der Waals surface area contributed by atoms with Gasteiger partial charge in [0, 0.05) is 20.1 Å². The van der Waals surface area contributed by atoms with E-state index in [2.05, 4.69) is 44.1 Å². The van der Waals surface area contributed by atoms with Crippen molar-refractivity contribution in [1.82, 2.24) is 0 Å². The maximum Gasteiger partial charge on any atom is 0.0792 e. The van der Waals surface area contributed by atoms with E-state index in [0.29, 0.717) is 0 Å². The third-order valence-corrected chi connectivity index (χ3v) is 3.37. The largest absolute Gasteiger partial charge is 0.381 e. The van der Waals surface area contributed by atoms with Gasteiger partial charge in [-0.1, -0.05) is 38.4 Å². The Labute approximate surface area is 103 Å². The summed E-state index contributed by atoms with van der Waals surface area (Å²) >= 11 is 6.28. The number of nitrogens with zero attached hydrogens (tertiary/aromatic N) is 1. The molecule has 0 aliphatic carbocycles. The summed E-state index contributed by atoms with van der Waals surface area (Å²) in [6.45, 7) is 8.67. The maximum absolute atomic E-state index is 6.28. The monoisotopic (exact) mass is 238 g/mol. The zero-order valence-electron chi connectivity index (χ0n) is 10.4. The lowest BCUT2D eigenvalue weighted by atomic mass is 9.85. The number of anilines is 2. The standard InChI is InChI=1S/C13H19ClN2/c1-13(2,3)9-5-6-10(14)12-11(9)15-7-8-16(12)4/h5-6,15H,7-8H2,1-4H3. The number of benzene rings is 1. The van der Waals surface area contributed by atoms with Gasteiger partial charge in [0.1, 0.15) is 0 Å². The van der Waals surface area contributed by atoms with Gasteiger partial charge in [-0.2, -0.15) is 0 Å². The summed E-state index contributed by atoms with van der Waals surface area (Å²) in [5, 5.41) is 4.31. The van der Waals surface area contributed by atoms with Gasteiger partial charge in [-0.15, -0.1) is 0 Å². The van der Waals surface area contributed by atoms with E-state index >= 15 is 0 Å². The van der Waals surface area contributed by atoms with Crippen molar-refractivity contribution in [3.8, 4) is 0 Å². The van der Waals surface area contributed by atoms with E-state index in [9.17, 15) is 0 Å². The van der Waals surface area contributed by atoms with Crippen LogP contribution >= 0.6 is 11.6 Å². The molecule has 0 spiro atoms. The van der Waals surface area contributed by atoms with E-state index in [1.807, 2.05) is 6.07 Å². The highest BCUT2D eigenvalue weighted by Gasteiger charge is 2.25. The molecular weight excluding hydrogens is 220 g/mol. The highest BCUT2D eigenvalue weighted by Crippen LogP contribution is 2.42. The predicted molar refractivity (Wildman–Crippen MR) is 71.9 cm³/mol. The highest BCUT2D eigenvalue weighted by atomic mass is 35.5. The summed E-state index contributed by atoms with van der Waals surface area (Å²) in [4.78, 5) is 2.23. The van der Waals surface area contributed by atoms with Crippen LogP contribution in [-0.4, -0.2) is 20.1 Å². The summed E-state index contributed by atoms with van der Waals surface area (Å²) in [5.41, 5.74) is 3.81. The molecule has 1 N–H and O–H groups in total. The molecule has 1 aromatic rings. The quantitative estimate of drug-likeness (QED) is 0.744. The second-order valence-electron chi connectivity index (χ2n) is 5.42. The van der Waals surface area contributed by atoms with Crippen molar-refractivity contribution in [2.75, 3.05) is 30.4 Å². The summed E-state index contributed by atoms with van der Waals surface area (Å²) in [6, 6.07) is 4.14. The Bertz CT molecular complexity index is 407. The average Bonchev–Trinajstić information content (AvgIpc) is 2.16. The van der Waals surface area contributed by atoms with Crippen molar-refractivity contribution in [2.45, 2.75) is 26.2 Å². The lowest BCUT2D eigenvalue weighted by Gasteiger charge is -2.34. The Morgan fingerprint density at radius 3 is 2.62 bits per heavy atom. The predicted octanol–water partition coefficient (Wildman–Crippen LogP) is 3.50. The topological polar surface area (TPSA) is 15.3 Å². The van der Waals surface area contributed by atoms with Crippen LogP contribution in [0.1, 0.15) is 26.3 Å². The van der Waals surface area contributed by atoms with Gasteiger partial charge in [0.15, 0.2) is 0 Å². The third kappa shape index (κ3) is 1.86. The molecule has 0 saturated heterocycles. The van der Waals surface area contributed by atoms with Crippen LogP contribution in [0.2, 0.25) is 5.02 Å². The fraction of sp³-hybridized carbons (Fsp3) is 0.538. The van der Waals surface area contributed by atoms with Crippen LogP contribution in [0.3, 0.4) is 0 Å². The minimum Gasteiger partial charge on any atom is -0.381 e. The molecule has 0 unspecified atom stereocenters. The number of fused-ring (bicyclic) bond motifs is 1. The van der Waals surface area contributed by atoms with Crippen LogP contribution in [0.15, 0.2) is 12.1 Å². The minimum atomic E-state index is 0.139. The number of hydrogen-bond acceptors (Lipinski definition) is 2. The van der Waals surface area contributed by atoms with Crippen LogP contribution < -0.4 is 10.2 Å². The van der Waals surface area contributed by atoms with Gasteiger partial charge in [-0.25, -0.2) is 0 Å². The molecule has 0 radical (unpaired) electrons. The molecule has 88 valence electrons. The number of hydrogen-bond donors (Lipinski definition) is 1. The van der Waals surface area contributed by atoms with E-state index in [1.165, 1.54) is 11.3 Å². The van der Waals surface area contributed by atoms with Crippen molar-refractivity contribution in [2.24, 2.45) is 0 Å². The van der Waals surface area contributed by atoms with Crippen LogP contribution in [0.4, 0.5) is 11.4 Å². The highest BCUT2D eigenvalue weighted by molar-refractivity contribution is 6.34. The summed E-state index contributed by atoms with van der Waals surface area (Å²) in [5.74, 6) is 0. The van der Waals surface area contributed by atoms with Crippen molar-refractivity contribution in [3.05, 3.63) is 22.7 Å². The first-order valence-electron chi connectivity index (χ1n) is 5.69. The summed E-state index contributed by atoms with van der Waals surface area (Å²) in [6.07, 6.45) is 0. The van der Waals surface area contributed by atoms with Crippen molar-refractivity contribution < 1.29 is 0 Å². The molecule has 0 aromatic heterocycles. The number of nitrogens with one attached hydrogen (secondary N) is 1. The molecule has 0 saturated carbocycles. The number of rotatable bonds is 0. The first kappa shape index (κ1) is 11.6. The lowest BCUT2D eigenvalue weighted by molar-refractivity contribution is 0.590. The normalized spacial score (nSPS) is 15.7. The summed E-state index contributed by atoms with van der Waals surface area (Å²) < 4.78 is 0. The summed E-state index contributed by atoms with van der Waals surface area (Å²) in [7, 11) is 2.10. The molecule has 3 heteroatoms. The molecule has 2 nitrogen and oxygen atoms in total. The second kappa shape index (κ2) is 3.85. The zero-order valence-corrected chi connectivity index (χ0v) is 11.2. The minimum absolute atomic E-state index is 0.139. The van der Waals surface area contributed by atoms with Gasteiger partial charge in [-0.05, 0) is 17.0 Å². The van der Waals surface area contributed by atoms with Gasteiger partial charge in [0.25, 0.3) is 0 Å². The van der Waals surface area contributed by atoms with Crippen LogP contribution in [0, 0.1) is 0 Å². The Morgan fingerprint density at radius 2 is 2.00 bits per heavy atom. The van der Waals surface area contributed by atoms with E-state index in [0.717, 1.165) is 23.8 Å². The first-order valence-corrected chi connectivity index (χ1v) is 6.07. The van der Waals surface area contributed by atoms with E-state index in [-0.39, 0.29) is 5.41 Å². The molecule has 1 aliphatic heterocycles. The smallest absolute Gasteiger partial charge is 0.0792 e. The fourth-order valence-corrected chi connectivity index (χ4v) is 2.51. The fourth-order valence-electron chi connectivity index (χ4n) is 2.20. The molecule has 0 fully saturated rings. The van der Waals surface area contributed by atoms with Crippen molar-refractivity contribution in [3.63, 3.8) is 0 Å². The van der Waals surface area contributed by atoms with Crippen LogP contribution in [0.25, 0.3) is 0 Å². The van der Waals surface area contributed by atoms with Gasteiger partial charge < -0.3 is 10.2 Å². The molecule has 1 heterocycles. The molecule has 0 bridgehead atoms. The average molecular weight is 239 g/mol. The molecule has 2 rings (SSSR count). The first-order chi connectivity index (χ1) is 7.41. The third-order valence-electron chi connectivity index (χ3n) is 3.07. The molecule has 0 amide bonds. The number of likely N-dealkylation sites (N-methyl/N-ethyl adjacent to an activating group) is 1. The lowest BCUT2D eigenvalue weighted by Crippen LogP contribution is -2.32. The van der Waals surface area contributed by atoms with Crippen LogP contribution in [0.5, 0.6) is 0 Å². The van der Waals surface area contributed by atoms with Gasteiger partial charge in [0.2, 0.25) is 0 Å². The Morgan fingerprint density at radius 1 is 1.31 bits per heavy atom. The zero-order chi connectivity index (χ0) is 11.9. The Balaban J connectivity index is 2.63. The second-order valence-corrected chi connectivity index (χ2v) is 5.82. The number of halogens is 1.